The highest BCUT2D eigenvalue weighted by Gasteiger charge is 2.34. The molecule has 1 unspecified atom stereocenters. The number of nitrogen functional groups attached to an aromatic ring is 1. The number of anilines is 3. The number of hydrogen-bond donors (Lipinski definition) is 1. The molecule has 2 aromatic heterocycles. The summed E-state index contributed by atoms with van der Waals surface area (Å²) in [4.78, 5) is 4.41. The van der Waals surface area contributed by atoms with Crippen LogP contribution in [-0.4, -0.2) is 68.5 Å². The molecule has 2 N–H and O–H groups in total. The minimum Gasteiger partial charge on any atom is -0.394 e. The molecule has 0 aromatic carbocycles. The van der Waals surface area contributed by atoms with Crippen LogP contribution in [0.15, 0.2) is 18.3 Å². The molecule has 0 bridgehead atoms. The number of quaternary nitrogens is 1. The van der Waals surface area contributed by atoms with Crippen molar-refractivity contribution in [1.82, 2.24) is 9.61 Å². The van der Waals surface area contributed by atoms with E-state index >= 15 is 0 Å². The first-order valence-corrected chi connectivity index (χ1v) is 7.79. The lowest BCUT2D eigenvalue weighted by Gasteiger charge is -2.31. The average molecular weight is 318 g/mol. The lowest BCUT2D eigenvalue weighted by Crippen LogP contribution is -2.46. The predicted molar refractivity (Wildman–Crippen MR) is 99.0 cm³/mol. The highest BCUT2D eigenvalue weighted by atomic mass is 15.4. The number of aromatic nitrogens is 2. The van der Waals surface area contributed by atoms with Crippen molar-refractivity contribution in [3.63, 3.8) is 0 Å². The summed E-state index contributed by atoms with van der Waals surface area (Å²) in [6, 6.07) is 4.71. The van der Waals surface area contributed by atoms with Gasteiger partial charge in [0.25, 0.3) is 0 Å². The minimum absolute atomic E-state index is 0. The minimum atomic E-state index is 0. The monoisotopic (exact) mass is 318 g/mol. The molecule has 1 fully saturated rings. The summed E-state index contributed by atoms with van der Waals surface area (Å²) in [5, 5.41) is 4.74. The van der Waals surface area contributed by atoms with Gasteiger partial charge in [0.15, 0.2) is 5.82 Å². The normalized spacial score (nSPS) is 18.3. The van der Waals surface area contributed by atoms with Gasteiger partial charge in [-0.25, -0.2) is 4.52 Å². The molecule has 1 aliphatic heterocycles. The molecule has 0 aliphatic carbocycles. The first kappa shape index (κ1) is 17.4. The molecule has 23 heavy (non-hydrogen) atoms. The molecule has 6 nitrogen and oxygen atoms in total. The van der Waals surface area contributed by atoms with Crippen LogP contribution in [0.2, 0.25) is 0 Å². The zero-order chi connectivity index (χ0) is 16.1. The van der Waals surface area contributed by atoms with Crippen LogP contribution in [0.3, 0.4) is 0 Å². The molecule has 1 atom stereocenters. The number of rotatable bonds is 3. The Labute approximate surface area is 139 Å². The van der Waals surface area contributed by atoms with Crippen molar-refractivity contribution in [3.8, 4) is 0 Å². The van der Waals surface area contributed by atoms with Crippen LogP contribution in [-0.2, 0) is 0 Å². The van der Waals surface area contributed by atoms with Gasteiger partial charge in [-0.1, -0.05) is 0 Å². The van der Waals surface area contributed by atoms with Crippen molar-refractivity contribution in [1.29, 1.82) is 0 Å². The van der Waals surface area contributed by atoms with Gasteiger partial charge in [0.05, 0.1) is 33.4 Å². The maximum absolute atomic E-state index is 6.46. The van der Waals surface area contributed by atoms with E-state index in [0.29, 0.717) is 6.04 Å². The van der Waals surface area contributed by atoms with Gasteiger partial charge in [0.2, 0.25) is 0 Å². The molecule has 0 saturated carbocycles. The van der Waals surface area contributed by atoms with Gasteiger partial charge >= 0.3 is 0 Å². The zero-order valence-corrected chi connectivity index (χ0v) is 15.2. The molecule has 3 heterocycles. The molecule has 0 radical (unpaired) electrons. The summed E-state index contributed by atoms with van der Waals surface area (Å²) >= 11 is 0. The number of likely N-dealkylation sites (N-methyl/N-ethyl adjacent to an activating group) is 1. The van der Waals surface area contributed by atoms with Gasteiger partial charge in [0.1, 0.15) is 17.2 Å². The largest absolute Gasteiger partial charge is 0.394 e. The molecule has 6 heteroatoms. The van der Waals surface area contributed by atoms with Crippen molar-refractivity contribution < 1.29 is 4.48 Å². The summed E-state index contributed by atoms with van der Waals surface area (Å²) in [6.45, 7) is 2.03. The first-order chi connectivity index (χ1) is 10.3. The topological polar surface area (TPSA) is 49.8 Å². The van der Waals surface area contributed by atoms with Crippen LogP contribution in [0, 0.1) is 7.43 Å². The van der Waals surface area contributed by atoms with Gasteiger partial charge in [-0.3, -0.25) is 0 Å². The van der Waals surface area contributed by atoms with E-state index < -0.39 is 0 Å². The summed E-state index contributed by atoms with van der Waals surface area (Å²) in [5.41, 5.74) is 9.33. The van der Waals surface area contributed by atoms with E-state index in [1.807, 2.05) is 30.9 Å². The highest BCUT2D eigenvalue weighted by molar-refractivity contribution is 5.91. The fourth-order valence-electron chi connectivity index (χ4n) is 3.25. The van der Waals surface area contributed by atoms with Gasteiger partial charge in [0, 0.05) is 33.3 Å². The van der Waals surface area contributed by atoms with Crippen molar-refractivity contribution in [2.45, 2.75) is 12.5 Å². The van der Waals surface area contributed by atoms with E-state index in [-0.39, 0.29) is 7.43 Å². The van der Waals surface area contributed by atoms with E-state index in [1.54, 1.807) is 0 Å². The molecule has 0 amide bonds. The van der Waals surface area contributed by atoms with Gasteiger partial charge in [-0.2, -0.15) is 0 Å². The summed E-state index contributed by atoms with van der Waals surface area (Å²) in [5.74, 6) is 0.922. The lowest BCUT2D eigenvalue weighted by molar-refractivity contribution is -0.893. The van der Waals surface area contributed by atoms with Crippen LogP contribution >= 0.6 is 0 Å². The van der Waals surface area contributed by atoms with Crippen molar-refractivity contribution in [3.05, 3.63) is 25.8 Å². The number of nitrogens with zero attached hydrogens (tertiary/aromatic N) is 5. The molecule has 0 spiro atoms. The van der Waals surface area contributed by atoms with Crippen molar-refractivity contribution >= 4 is 22.7 Å². The Morgan fingerprint density at radius 2 is 2.00 bits per heavy atom. The molecular weight excluding hydrogens is 288 g/mol. The summed E-state index contributed by atoms with van der Waals surface area (Å²) in [6.07, 6.45) is 3.15. The predicted octanol–water partition coefficient (Wildman–Crippen LogP) is 1.72. The number of pyridine rings is 1. The van der Waals surface area contributed by atoms with Gasteiger partial charge in [-0.05, 0) is 12.1 Å². The number of hydrogen-bond acceptors (Lipinski definition) is 4. The fraction of sp³-hybridized carbons (Fsp3) is 0.529. The molecule has 3 rings (SSSR count). The third-order valence-electron chi connectivity index (χ3n) is 4.69. The maximum atomic E-state index is 6.46. The molecule has 2 aromatic rings. The quantitative estimate of drug-likeness (QED) is 0.691. The standard InChI is InChI=1S/C16H27N6.CH3/c1-19(2)13-7-6-9-21-15(13)14(17)16(18-21)20-10-8-12(11-20)22(3,4)5;/h6-7,9,12H,8,10-11,17H2,1-5H3;1H3/q+1;-1. The third kappa shape index (κ3) is 2.95. The Morgan fingerprint density at radius 1 is 1.30 bits per heavy atom. The smallest absolute Gasteiger partial charge is 0.175 e. The van der Waals surface area contributed by atoms with Crippen molar-refractivity contribution in [2.24, 2.45) is 0 Å². The SMILES string of the molecule is CN(C)c1cccn2nc(N3CCC([N+](C)(C)C)C3)c(N)c12.[CH3-]. The van der Waals surface area contributed by atoms with Crippen LogP contribution in [0.4, 0.5) is 17.2 Å². The molecule has 128 valence electrons. The van der Waals surface area contributed by atoms with E-state index in [2.05, 4.69) is 37.0 Å². The zero-order valence-electron chi connectivity index (χ0n) is 15.2. The highest BCUT2D eigenvalue weighted by Crippen LogP contribution is 2.34. The Kier molecular flexibility index (Phi) is 4.48. The second kappa shape index (κ2) is 5.92. The van der Waals surface area contributed by atoms with Crippen LogP contribution in [0.5, 0.6) is 0 Å². The molecule has 1 aliphatic rings. The second-order valence-electron chi connectivity index (χ2n) is 7.32. The van der Waals surface area contributed by atoms with E-state index in [1.165, 1.54) is 6.42 Å². The third-order valence-corrected chi connectivity index (χ3v) is 4.69. The summed E-state index contributed by atoms with van der Waals surface area (Å²) in [7, 11) is 10.8. The maximum Gasteiger partial charge on any atom is 0.175 e. The van der Waals surface area contributed by atoms with E-state index in [0.717, 1.165) is 40.3 Å². The second-order valence-corrected chi connectivity index (χ2v) is 7.32. The fourth-order valence-corrected chi connectivity index (χ4v) is 3.25. The summed E-state index contributed by atoms with van der Waals surface area (Å²) < 4.78 is 2.88. The van der Waals surface area contributed by atoms with E-state index in [9.17, 15) is 0 Å². The van der Waals surface area contributed by atoms with Crippen LogP contribution < -0.4 is 15.5 Å². The van der Waals surface area contributed by atoms with Crippen LogP contribution in [0.25, 0.3) is 5.52 Å². The Hall–Kier alpha value is -1.95. The average Bonchev–Trinajstić information content (AvgIpc) is 3.03. The number of fused-ring (bicyclic) bond motifs is 1. The molecular formula is C17H30N6. The Bertz CT molecular complexity index is 682. The van der Waals surface area contributed by atoms with Crippen molar-refractivity contribution in [2.75, 3.05) is 63.9 Å². The van der Waals surface area contributed by atoms with Crippen LogP contribution in [0.1, 0.15) is 6.42 Å². The Balaban J connectivity index is 0.00000192. The first-order valence-electron chi connectivity index (χ1n) is 7.79. The van der Waals surface area contributed by atoms with Gasteiger partial charge < -0.3 is 27.4 Å². The van der Waals surface area contributed by atoms with E-state index in [4.69, 9.17) is 10.8 Å². The molecule has 1 saturated heterocycles. The number of nitrogens with two attached hydrogens (primary N) is 1. The lowest BCUT2D eigenvalue weighted by atomic mass is 10.2. The Morgan fingerprint density at radius 3 is 2.57 bits per heavy atom. The van der Waals surface area contributed by atoms with Gasteiger partial charge in [-0.15, -0.1) is 5.10 Å².